The average Bonchev–Trinajstić information content (AvgIpc) is 2.78. The Kier molecular flexibility index (Phi) is 30.3. The second-order valence-electron chi connectivity index (χ2n) is 10.0. The number of hydrogen-bond donors (Lipinski definition) is 0. The van der Waals surface area contributed by atoms with Gasteiger partial charge in [-0.15, -0.1) is 0 Å². The zero-order valence-corrected chi connectivity index (χ0v) is 22.6. The summed E-state index contributed by atoms with van der Waals surface area (Å²) in [5.41, 5.74) is 0. The van der Waals surface area contributed by atoms with Crippen molar-refractivity contribution in [3.8, 4) is 0 Å². The van der Waals surface area contributed by atoms with Crippen molar-refractivity contribution in [2.24, 2.45) is 0 Å². The SMILES string of the molecule is CCCCCCCCCCCCCCCCCCCCCCCCCCCC/C=C/[P]. The van der Waals surface area contributed by atoms with E-state index in [0.29, 0.717) is 0 Å². The molecule has 0 fully saturated rings. The van der Waals surface area contributed by atoms with Gasteiger partial charge in [0.05, 0.1) is 0 Å². The average molecular weight is 451 g/mol. The fourth-order valence-corrected chi connectivity index (χ4v) is 4.80. The molecule has 0 N–H and O–H groups in total. The summed E-state index contributed by atoms with van der Waals surface area (Å²) in [5, 5.41) is 0. The van der Waals surface area contributed by atoms with Crippen LogP contribution in [0.4, 0.5) is 0 Å². The minimum atomic E-state index is 1.21. The van der Waals surface area contributed by atoms with E-state index in [0.717, 1.165) is 0 Å². The van der Waals surface area contributed by atoms with Crippen molar-refractivity contribution in [1.82, 2.24) is 0 Å². The molecular weight excluding hydrogens is 391 g/mol. The van der Waals surface area contributed by atoms with Crippen LogP contribution in [0.2, 0.25) is 0 Å². The fraction of sp³-hybridized carbons (Fsp3) is 0.933. The lowest BCUT2D eigenvalue weighted by Gasteiger charge is -2.04. The Hall–Kier alpha value is 0.170. The van der Waals surface area contributed by atoms with Gasteiger partial charge < -0.3 is 0 Å². The molecule has 0 atom stereocenters. The molecule has 0 aromatic carbocycles. The van der Waals surface area contributed by atoms with Gasteiger partial charge in [-0.3, -0.25) is 0 Å². The second-order valence-corrected chi connectivity index (χ2v) is 10.3. The first-order chi connectivity index (χ1) is 15.4. The van der Waals surface area contributed by atoms with E-state index in [-0.39, 0.29) is 0 Å². The lowest BCUT2D eigenvalue weighted by molar-refractivity contribution is 0.515. The summed E-state index contributed by atoms with van der Waals surface area (Å²) in [6.07, 6.45) is 41.4. The highest BCUT2D eigenvalue weighted by molar-refractivity contribution is 7.20. The molecule has 1 heteroatoms. The quantitative estimate of drug-likeness (QED) is 0.0862. The highest BCUT2D eigenvalue weighted by atomic mass is 31.0. The van der Waals surface area contributed by atoms with Crippen molar-refractivity contribution in [3.63, 3.8) is 0 Å². The molecule has 0 aliphatic carbocycles. The van der Waals surface area contributed by atoms with Gasteiger partial charge in [0.15, 0.2) is 0 Å². The number of unbranched alkanes of at least 4 members (excludes halogenated alkanes) is 26. The summed E-state index contributed by atoms with van der Waals surface area (Å²) in [7, 11) is 4.10. The van der Waals surface area contributed by atoms with Gasteiger partial charge in [0.25, 0.3) is 0 Å². The van der Waals surface area contributed by atoms with Crippen molar-refractivity contribution in [1.29, 1.82) is 0 Å². The third kappa shape index (κ3) is 30.2. The molecule has 0 aromatic rings. The molecular formula is C30H59P. The fourth-order valence-electron chi connectivity index (χ4n) is 4.65. The Balaban J connectivity index is 2.99. The standard InChI is InChI=1S/C30H59P/c1-2-3-4-5-6-7-8-9-10-11-12-13-14-15-16-17-18-19-20-21-22-23-24-25-26-27-28-29-30-31/h29-30H,2-28H2,1H3/b30-29+. The van der Waals surface area contributed by atoms with Gasteiger partial charge in [0.1, 0.15) is 0 Å². The van der Waals surface area contributed by atoms with Crippen LogP contribution in [0.1, 0.15) is 180 Å². The monoisotopic (exact) mass is 450 g/mol. The van der Waals surface area contributed by atoms with Gasteiger partial charge in [-0.05, 0) is 22.1 Å². The largest absolute Gasteiger partial charge is 0.0834 e. The maximum Gasteiger partial charge on any atom is -0.0146 e. The van der Waals surface area contributed by atoms with E-state index in [9.17, 15) is 0 Å². The molecule has 0 amide bonds. The predicted molar refractivity (Wildman–Crippen MR) is 146 cm³/mol. The van der Waals surface area contributed by atoms with Gasteiger partial charge in [-0.2, -0.15) is 0 Å². The van der Waals surface area contributed by atoms with Crippen LogP contribution in [0.15, 0.2) is 11.9 Å². The van der Waals surface area contributed by atoms with Crippen LogP contribution in [0, 0.1) is 0 Å². The van der Waals surface area contributed by atoms with E-state index < -0.39 is 0 Å². The third-order valence-electron chi connectivity index (χ3n) is 6.83. The van der Waals surface area contributed by atoms with Crippen LogP contribution in [0.5, 0.6) is 0 Å². The molecule has 0 bridgehead atoms. The Morgan fingerprint density at radius 1 is 0.355 bits per heavy atom. The number of allylic oxidation sites excluding steroid dienone is 1. The van der Waals surface area contributed by atoms with Gasteiger partial charge in [-0.1, -0.05) is 179 Å². The van der Waals surface area contributed by atoms with Crippen LogP contribution in [-0.4, -0.2) is 0 Å². The molecule has 0 aliphatic rings. The van der Waals surface area contributed by atoms with E-state index in [2.05, 4.69) is 22.2 Å². The first-order valence-electron chi connectivity index (χ1n) is 14.7. The summed E-state index contributed by atoms with van der Waals surface area (Å²) in [5.74, 6) is 1.87. The minimum Gasteiger partial charge on any atom is -0.0834 e. The van der Waals surface area contributed by atoms with E-state index in [1.165, 1.54) is 173 Å². The normalized spacial score (nSPS) is 11.7. The summed E-state index contributed by atoms with van der Waals surface area (Å²) in [6.45, 7) is 2.30. The predicted octanol–water partition coefficient (Wildman–Crippen LogP) is 12.5. The summed E-state index contributed by atoms with van der Waals surface area (Å²) >= 11 is 0. The summed E-state index contributed by atoms with van der Waals surface area (Å²) < 4.78 is 0. The molecule has 2 radical (unpaired) electrons. The first-order valence-corrected chi connectivity index (χ1v) is 15.2. The maximum atomic E-state index is 4.10. The van der Waals surface area contributed by atoms with Crippen molar-refractivity contribution in [3.05, 3.63) is 11.9 Å². The number of hydrogen-bond acceptors (Lipinski definition) is 0. The van der Waals surface area contributed by atoms with Gasteiger partial charge in [-0.25, -0.2) is 0 Å². The van der Waals surface area contributed by atoms with Gasteiger partial charge in [0.2, 0.25) is 0 Å². The second kappa shape index (κ2) is 30.2. The summed E-state index contributed by atoms with van der Waals surface area (Å²) in [4.78, 5) is 0. The highest BCUT2D eigenvalue weighted by Gasteiger charge is 1.96. The van der Waals surface area contributed by atoms with Crippen molar-refractivity contribution < 1.29 is 0 Å². The van der Waals surface area contributed by atoms with E-state index in [1.54, 1.807) is 0 Å². The Morgan fingerprint density at radius 2 is 0.581 bits per heavy atom. The van der Waals surface area contributed by atoms with Crippen molar-refractivity contribution >= 4 is 9.24 Å². The van der Waals surface area contributed by atoms with Crippen LogP contribution in [-0.2, 0) is 0 Å². The van der Waals surface area contributed by atoms with Gasteiger partial charge >= 0.3 is 0 Å². The molecule has 31 heavy (non-hydrogen) atoms. The van der Waals surface area contributed by atoms with Crippen LogP contribution in [0.25, 0.3) is 0 Å². The topological polar surface area (TPSA) is 0 Å². The smallest absolute Gasteiger partial charge is 0.0146 e. The van der Waals surface area contributed by atoms with Crippen LogP contribution >= 0.6 is 9.24 Å². The molecule has 0 aliphatic heterocycles. The molecule has 0 saturated heterocycles. The Bertz CT molecular complexity index is 322. The lowest BCUT2D eigenvalue weighted by Crippen LogP contribution is -1.84. The van der Waals surface area contributed by atoms with Crippen molar-refractivity contribution in [2.75, 3.05) is 0 Å². The van der Waals surface area contributed by atoms with Crippen molar-refractivity contribution in [2.45, 2.75) is 180 Å². The van der Waals surface area contributed by atoms with E-state index >= 15 is 0 Å². The zero-order valence-electron chi connectivity index (χ0n) is 21.7. The molecule has 0 heterocycles. The highest BCUT2D eigenvalue weighted by Crippen LogP contribution is 2.16. The molecule has 0 unspecified atom stereocenters. The third-order valence-corrected chi connectivity index (χ3v) is 7.04. The van der Waals surface area contributed by atoms with Gasteiger partial charge in [0, 0.05) is 0 Å². The Morgan fingerprint density at radius 3 is 0.806 bits per heavy atom. The molecule has 0 spiro atoms. The zero-order chi connectivity index (χ0) is 22.5. The molecule has 0 rings (SSSR count). The van der Waals surface area contributed by atoms with E-state index in [1.807, 2.05) is 5.82 Å². The van der Waals surface area contributed by atoms with Crippen LogP contribution in [0.3, 0.4) is 0 Å². The minimum absolute atomic E-state index is 1.21. The first kappa shape index (κ1) is 31.2. The molecule has 0 aromatic heterocycles. The molecule has 184 valence electrons. The maximum absolute atomic E-state index is 4.10. The van der Waals surface area contributed by atoms with Crippen LogP contribution < -0.4 is 0 Å². The molecule has 0 saturated carbocycles. The number of rotatable bonds is 27. The summed E-state index contributed by atoms with van der Waals surface area (Å²) in [6, 6.07) is 0. The Labute approximate surface area is 201 Å². The van der Waals surface area contributed by atoms with E-state index in [4.69, 9.17) is 0 Å². The molecule has 0 nitrogen and oxygen atoms in total. The lowest BCUT2D eigenvalue weighted by atomic mass is 10.0.